The molecule has 0 spiro atoms. The summed E-state index contributed by atoms with van der Waals surface area (Å²) >= 11 is 0. The Hall–Kier alpha value is -3.94. The highest BCUT2D eigenvalue weighted by molar-refractivity contribution is 5.79. The number of anilines is 1. The summed E-state index contributed by atoms with van der Waals surface area (Å²) in [4.78, 5) is 24.9. The molecule has 3 aromatic heterocycles. The third kappa shape index (κ3) is 3.81. The summed E-state index contributed by atoms with van der Waals surface area (Å²) in [5.41, 5.74) is 13.9. The van der Waals surface area contributed by atoms with Crippen molar-refractivity contribution in [1.82, 2.24) is 29.8 Å². The van der Waals surface area contributed by atoms with Crippen molar-refractivity contribution in [1.29, 1.82) is 0 Å². The maximum Gasteiger partial charge on any atom is 0.317 e. The van der Waals surface area contributed by atoms with Crippen molar-refractivity contribution in [3.63, 3.8) is 0 Å². The van der Waals surface area contributed by atoms with Crippen LogP contribution in [0.5, 0.6) is 0 Å². The van der Waals surface area contributed by atoms with Crippen molar-refractivity contribution in [2.45, 2.75) is 69.4 Å². The van der Waals surface area contributed by atoms with Gasteiger partial charge >= 0.3 is 6.03 Å². The number of hydrogen-bond donors (Lipinski definition) is 2. The van der Waals surface area contributed by atoms with Gasteiger partial charge in [0.2, 0.25) is 0 Å². The first-order valence-corrected chi connectivity index (χ1v) is 13.9. The van der Waals surface area contributed by atoms with E-state index in [0.717, 1.165) is 72.3 Å². The Bertz CT molecular complexity index is 1480. The fraction of sp³-hybridized carbons (Fsp3) is 0.400. The quantitative estimate of drug-likeness (QED) is 0.379. The molecule has 8 nitrogen and oxygen atoms in total. The van der Waals surface area contributed by atoms with Gasteiger partial charge in [0.1, 0.15) is 5.82 Å². The molecule has 3 N–H and O–H groups in total. The Labute approximate surface area is 222 Å². The van der Waals surface area contributed by atoms with Crippen LogP contribution in [-0.4, -0.2) is 49.1 Å². The van der Waals surface area contributed by atoms with E-state index in [2.05, 4.69) is 33.5 Å². The largest absolute Gasteiger partial charge is 0.383 e. The second-order valence-corrected chi connectivity index (χ2v) is 11.0. The van der Waals surface area contributed by atoms with Crippen molar-refractivity contribution >= 4 is 17.5 Å². The summed E-state index contributed by atoms with van der Waals surface area (Å²) in [6, 6.07) is 14.9. The minimum atomic E-state index is 0.0771. The average molecular weight is 508 g/mol. The predicted molar refractivity (Wildman–Crippen MR) is 148 cm³/mol. The molecule has 1 aromatic carbocycles. The van der Waals surface area contributed by atoms with Crippen LogP contribution >= 0.6 is 0 Å². The Morgan fingerprint density at radius 1 is 0.974 bits per heavy atom. The molecule has 2 bridgehead atoms. The number of nitrogens with zero attached hydrogens (tertiary/aromatic N) is 5. The summed E-state index contributed by atoms with van der Waals surface area (Å²) < 4.78 is 1.82. The molecule has 3 aliphatic rings. The molecule has 0 radical (unpaired) electrons. The molecule has 38 heavy (non-hydrogen) atoms. The Kier molecular flexibility index (Phi) is 5.56. The van der Waals surface area contributed by atoms with Crippen LogP contribution in [0.2, 0.25) is 0 Å². The lowest BCUT2D eigenvalue weighted by atomic mass is 9.85. The monoisotopic (exact) mass is 507 g/mol. The molecular formula is C30H33N7O. The van der Waals surface area contributed by atoms with Gasteiger partial charge in [0, 0.05) is 53.0 Å². The van der Waals surface area contributed by atoms with Crippen molar-refractivity contribution in [3.05, 3.63) is 66.1 Å². The SMILES string of the molecule is CCNC(=O)N1C2CC[C@@H]1CC(c1nc3c(-c4ccc(-c5ccccc5)nc4)cnn3c(N)c1C1CC1)C2. The summed E-state index contributed by atoms with van der Waals surface area (Å²) in [7, 11) is 0. The number of urea groups is 1. The van der Waals surface area contributed by atoms with Gasteiger partial charge in [-0.05, 0) is 57.4 Å². The lowest BCUT2D eigenvalue weighted by Crippen LogP contribution is -2.50. The zero-order valence-corrected chi connectivity index (χ0v) is 21.7. The van der Waals surface area contributed by atoms with Gasteiger partial charge in [0.15, 0.2) is 5.65 Å². The Balaban J connectivity index is 1.26. The van der Waals surface area contributed by atoms with E-state index in [1.165, 1.54) is 5.56 Å². The topological polar surface area (TPSA) is 101 Å². The van der Waals surface area contributed by atoms with E-state index in [4.69, 9.17) is 15.7 Å². The highest BCUT2D eigenvalue weighted by Gasteiger charge is 2.45. The van der Waals surface area contributed by atoms with Crippen LogP contribution in [0, 0.1) is 0 Å². The van der Waals surface area contributed by atoms with Gasteiger partial charge < -0.3 is 16.0 Å². The zero-order chi connectivity index (χ0) is 25.8. The molecule has 194 valence electrons. The zero-order valence-electron chi connectivity index (χ0n) is 21.7. The highest BCUT2D eigenvalue weighted by Crippen LogP contribution is 2.50. The van der Waals surface area contributed by atoms with Crippen LogP contribution in [-0.2, 0) is 0 Å². The smallest absolute Gasteiger partial charge is 0.317 e. The maximum atomic E-state index is 12.8. The summed E-state index contributed by atoms with van der Waals surface area (Å²) in [6.07, 6.45) is 10.1. The van der Waals surface area contributed by atoms with Crippen LogP contribution in [0.3, 0.4) is 0 Å². The van der Waals surface area contributed by atoms with Gasteiger partial charge in [-0.1, -0.05) is 36.4 Å². The standard InChI is InChI=1S/C30H33N7O/c1-2-32-30(38)36-22-11-12-23(36)15-21(14-22)27-26(19-8-9-19)28(31)37-29(35-27)24(17-34-37)20-10-13-25(33-16-20)18-6-4-3-5-7-18/h3-7,10,13,16-17,19,21-23H,2,8-9,11-12,14-15,31H2,1H3,(H,32,38)/t21?,22-,23?/m1/s1. The lowest BCUT2D eigenvalue weighted by Gasteiger charge is -2.39. The Morgan fingerprint density at radius 3 is 2.39 bits per heavy atom. The third-order valence-corrected chi connectivity index (χ3v) is 8.56. The van der Waals surface area contributed by atoms with Crippen molar-refractivity contribution < 1.29 is 4.79 Å². The molecule has 7 rings (SSSR count). The van der Waals surface area contributed by atoms with Crippen LogP contribution in [0.25, 0.3) is 28.0 Å². The van der Waals surface area contributed by atoms with Crippen LogP contribution in [0.1, 0.15) is 68.5 Å². The number of nitrogens with two attached hydrogens (primary N) is 1. The van der Waals surface area contributed by atoms with Crippen molar-refractivity contribution in [2.75, 3.05) is 12.3 Å². The van der Waals surface area contributed by atoms with E-state index >= 15 is 0 Å². The molecule has 2 saturated heterocycles. The highest BCUT2D eigenvalue weighted by atomic mass is 16.2. The van der Waals surface area contributed by atoms with Gasteiger partial charge in [-0.15, -0.1) is 0 Å². The first kappa shape index (κ1) is 23.2. The fourth-order valence-corrected chi connectivity index (χ4v) is 6.66. The molecular weight excluding hydrogens is 474 g/mol. The summed E-state index contributed by atoms with van der Waals surface area (Å²) in [6.45, 7) is 2.63. The second kappa shape index (κ2) is 9.11. The van der Waals surface area contributed by atoms with Crippen LogP contribution < -0.4 is 11.1 Å². The number of benzene rings is 1. The minimum Gasteiger partial charge on any atom is -0.383 e. The van der Waals surface area contributed by atoms with Gasteiger partial charge in [-0.25, -0.2) is 9.78 Å². The van der Waals surface area contributed by atoms with Gasteiger partial charge in [0.05, 0.1) is 17.6 Å². The molecule has 2 amide bonds. The van der Waals surface area contributed by atoms with E-state index in [0.29, 0.717) is 24.2 Å². The van der Waals surface area contributed by atoms with Crippen LogP contribution in [0.15, 0.2) is 54.9 Å². The number of nitrogen functional groups attached to an aromatic ring is 1. The summed E-state index contributed by atoms with van der Waals surface area (Å²) in [5.74, 6) is 1.47. The summed E-state index contributed by atoms with van der Waals surface area (Å²) in [5, 5.41) is 7.68. The average Bonchev–Trinajstić information content (AvgIpc) is 3.63. The van der Waals surface area contributed by atoms with E-state index < -0.39 is 0 Å². The molecule has 8 heteroatoms. The molecule has 3 fully saturated rings. The number of amides is 2. The number of piperidine rings is 1. The number of pyridine rings is 1. The van der Waals surface area contributed by atoms with E-state index in [1.54, 1.807) is 0 Å². The maximum absolute atomic E-state index is 12.8. The van der Waals surface area contributed by atoms with Crippen LogP contribution in [0.4, 0.5) is 10.6 Å². The number of fused-ring (bicyclic) bond motifs is 3. The molecule has 1 aliphatic carbocycles. The number of carbonyl (C=O) groups excluding carboxylic acids is 1. The normalized spacial score (nSPS) is 22.7. The number of rotatable bonds is 5. The first-order chi connectivity index (χ1) is 18.6. The first-order valence-electron chi connectivity index (χ1n) is 13.9. The van der Waals surface area contributed by atoms with E-state index in [1.807, 2.05) is 48.1 Å². The predicted octanol–water partition coefficient (Wildman–Crippen LogP) is 5.36. The number of nitrogens with one attached hydrogen (secondary N) is 1. The lowest BCUT2D eigenvalue weighted by molar-refractivity contribution is 0.138. The second-order valence-electron chi connectivity index (χ2n) is 11.0. The Morgan fingerprint density at radius 2 is 1.74 bits per heavy atom. The van der Waals surface area contributed by atoms with E-state index in [9.17, 15) is 4.79 Å². The third-order valence-electron chi connectivity index (χ3n) is 8.56. The number of hydrogen-bond acceptors (Lipinski definition) is 5. The molecule has 2 unspecified atom stereocenters. The molecule has 3 atom stereocenters. The molecule has 5 heterocycles. The molecule has 4 aromatic rings. The van der Waals surface area contributed by atoms with Crippen molar-refractivity contribution in [3.8, 4) is 22.4 Å². The molecule has 2 aliphatic heterocycles. The minimum absolute atomic E-state index is 0.0771. The van der Waals surface area contributed by atoms with Gasteiger partial charge in [-0.3, -0.25) is 4.98 Å². The number of carbonyl (C=O) groups is 1. The van der Waals surface area contributed by atoms with Gasteiger partial charge in [0.25, 0.3) is 0 Å². The van der Waals surface area contributed by atoms with E-state index in [-0.39, 0.29) is 18.1 Å². The van der Waals surface area contributed by atoms with Crippen molar-refractivity contribution in [2.24, 2.45) is 0 Å². The fourth-order valence-electron chi connectivity index (χ4n) is 6.66. The van der Waals surface area contributed by atoms with Gasteiger partial charge in [-0.2, -0.15) is 9.61 Å². The molecule has 1 saturated carbocycles. The number of aromatic nitrogens is 4.